The maximum absolute atomic E-state index is 13.2. The van der Waals surface area contributed by atoms with Crippen molar-refractivity contribution in [1.29, 1.82) is 0 Å². The Morgan fingerprint density at radius 2 is 2.22 bits per heavy atom. The van der Waals surface area contributed by atoms with Crippen molar-refractivity contribution in [3.8, 4) is 11.4 Å². The van der Waals surface area contributed by atoms with Crippen LogP contribution >= 0.6 is 0 Å². The first-order valence-corrected chi connectivity index (χ1v) is 5.95. The highest BCUT2D eigenvalue weighted by Crippen LogP contribution is 2.46. The molecule has 1 aliphatic carbocycles. The zero-order valence-electron chi connectivity index (χ0n) is 10.1. The van der Waals surface area contributed by atoms with E-state index in [0.717, 1.165) is 18.4 Å². The average Bonchev–Trinajstić information content (AvgIpc) is 3.02. The maximum Gasteiger partial charge on any atom is 0.234 e. The van der Waals surface area contributed by atoms with E-state index in [0.29, 0.717) is 23.8 Å². The van der Waals surface area contributed by atoms with Crippen molar-refractivity contribution in [3.63, 3.8) is 0 Å². The molecule has 2 aromatic rings. The van der Waals surface area contributed by atoms with E-state index < -0.39 is 0 Å². The Labute approximate surface area is 104 Å². The summed E-state index contributed by atoms with van der Waals surface area (Å²) in [5.41, 5.74) is 6.93. The second-order valence-electron chi connectivity index (χ2n) is 4.87. The Morgan fingerprint density at radius 3 is 2.83 bits per heavy atom. The number of nitrogens with two attached hydrogens (primary N) is 1. The minimum Gasteiger partial charge on any atom is -0.338 e. The van der Waals surface area contributed by atoms with E-state index in [2.05, 4.69) is 10.1 Å². The lowest BCUT2D eigenvalue weighted by Gasteiger charge is -2.03. The fourth-order valence-corrected chi connectivity index (χ4v) is 2.00. The zero-order valence-corrected chi connectivity index (χ0v) is 10.1. The molecule has 2 N–H and O–H groups in total. The van der Waals surface area contributed by atoms with Crippen LogP contribution in [0, 0.1) is 12.7 Å². The molecule has 1 aliphatic rings. The second-order valence-corrected chi connectivity index (χ2v) is 4.87. The molecule has 18 heavy (non-hydrogen) atoms. The Morgan fingerprint density at radius 1 is 1.44 bits per heavy atom. The molecule has 1 aromatic heterocycles. The summed E-state index contributed by atoms with van der Waals surface area (Å²) in [6, 6.07) is 4.78. The zero-order chi connectivity index (χ0) is 12.8. The lowest BCUT2D eigenvalue weighted by atomic mass is 10.1. The van der Waals surface area contributed by atoms with Crippen molar-refractivity contribution >= 4 is 0 Å². The van der Waals surface area contributed by atoms with Gasteiger partial charge in [0.2, 0.25) is 11.7 Å². The first-order valence-electron chi connectivity index (χ1n) is 5.95. The Kier molecular flexibility index (Phi) is 2.45. The van der Waals surface area contributed by atoms with E-state index in [1.165, 1.54) is 6.07 Å². The van der Waals surface area contributed by atoms with Gasteiger partial charge in [-0.15, -0.1) is 0 Å². The Balaban J connectivity index is 1.95. The molecule has 94 valence electrons. The van der Waals surface area contributed by atoms with Crippen LogP contribution in [0.3, 0.4) is 0 Å². The molecule has 0 radical (unpaired) electrons. The van der Waals surface area contributed by atoms with E-state index in [1.807, 2.05) is 0 Å². The van der Waals surface area contributed by atoms with Crippen molar-refractivity contribution in [2.75, 3.05) is 6.54 Å². The molecule has 3 rings (SSSR count). The van der Waals surface area contributed by atoms with E-state index in [-0.39, 0.29) is 11.2 Å². The third-order valence-corrected chi connectivity index (χ3v) is 3.54. The van der Waals surface area contributed by atoms with Gasteiger partial charge in [-0.2, -0.15) is 4.98 Å². The molecule has 0 aliphatic heterocycles. The Bertz CT molecular complexity index is 590. The summed E-state index contributed by atoms with van der Waals surface area (Å²) in [6.07, 6.45) is 1.99. The van der Waals surface area contributed by atoms with Crippen LogP contribution in [0.2, 0.25) is 0 Å². The van der Waals surface area contributed by atoms with E-state index in [9.17, 15) is 4.39 Å². The lowest BCUT2D eigenvalue weighted by Crippen LogP contribution is -2.19. The van der Waals surface area contributed by atoms with Crippen molar-refractivity contribution < 1.29 is 8.91 Å². The van der Waals surface area contributed by atoms with Gasteiger partial charge in [-0.25, -0.2) is 4.39 Å². The summed E-state index contributed by atoms with van der Waals surface area (Å²) in [4.78, 5) is 4.38. The number of nitrogens with zero attached hydrogens (tertiary/aromatic N) is 2. The summed E-state index contributed by atoms with van der Waals surface area (Å²) in [5.74, 6) is 0.859. The number of rotatable bonds is 3. The third kappa shape index (κ3) is 1.71. The van der Waals surface area contributed by atoms with Gasteiger partial charge in [0.1, 0.15) is 5.82 Å². The van der Waals surface area contributed by atoms with E-state index in [1.54, 1.807) is 19.1 Å². The van der Waals surface area contributed by atoms with Crippen LogP contribution in [0.25, 0.3) is 11.4 Å². The van der Waals surface area contributed by atoms with Crippen molar-refractivity contribution in [2.45, 2.75) is 25.2 Å². The largest absolute Gasteiger partial charge is 0.338 e. The molecule has 0 atom stereocenters. The fourth-order valence-electron chi connectivity index (χ4n) is 2.00. The van der Waals surface area contributed by atoms with Gasteiger partial charge in [0.15, 0.2) is 0 Å². The SMILES string of the molecule is Cc1cc(-c2noc(C3(CN)CC3)n2)ccc1F. The molecular weight excluding hydrogens is 233 g/mol. The molecule has 0 amide bonds. The first kappa shape index (κ1) is 11.3. The fraction of sp³-hybridized carbons (Fsp3) is 0.385. The summed E-state index contributed by atoms with van der Waals surface area (Å²) < 4.78 is 18.5. The molecular formula is C13H14FN3O. The second kappa shape index (κ2) is 3.88. The minimum atomic E-state index is -0.233. The molecule has 4 nitrogen and oxygen atoms in total. The van der Waals surface area contributed by atoms with Gasteiger partial charge in [-0.05, 0) is 43.5 Å². The number of aromatic nitrogens is 2. The van der Waals surface area contributed by atoms with Crippen LogP contribution < -0.4 is 5.73 Å². The van der Waals surface area contributed by atoms with Gasteiger partial charge in [0.05, 0.1) is 5.41 Å². The molecule has 1 saturated carbocycles. The van der Waals surface area contributed by atoms with Gasteiger partial charge >= 0.3 is 0 Å². The predicted octanol–water partition coefficient (Wildman–Crippen LogP) is 2.17. The highest BCUT2D eigenvalue weighted by molar-refractivity contribution is 5.55. The minimum absolute atomic E-state index is 0.111. The van der Waals surface area contributed by atoms with Gasteiger partial charge in [-0.3, -0.25) is 0 Å². The van der Waals surface area contributed by atoms with Crippen molar-refractivity contribution in [2.24, 2.45) is 5.73 Å². The molecule has 5 heteroatoms. The van der Waals surface area contributed by atoms with Crippen LogP contribution in [0.5, 0.6) is 0 Å². The lowest BCUT2D eigenvalue weighted by molar-refractivity contribution is 0.347. The predicted molar refractivity (Wildman–Crippen MR) is 64.4 cm³/mol. The number of hydrogen-bond donors (Lipinski definition) is 1. The number of aryl methyl sites for hydroxylation is 1. The van der Waals surface area contributed by atoms with Gasteiger partial charge in [0, 0.05) is 12.1 Å². The molecule has 1 heterocycles. The number of hydrogen-bond acceptors (Lipinski definition) is 4. The molecule has 1 aromatic carbocycles. The highest BCUT2D eigenvalue weighted by Gasteiger charge is 2.48. The van der Waals surface area contributed by atoms with Crippen LogP contribution in [-0.4, -0.2) is 16.7 Å². The van der Waals surface area contributed by atoms with Crippen LogP contribution in [0.15, 0.2) is 22.7 Å². The Hall–Kier alpha value is -1.75. The van der Waals surface area contributed by atoms with Crippen LogP contribution in [0.1, 0.15) is 24.3 Å². The quantitative estimate of drug-likeness (QED) is 0.902. The van der Waals surface area contributed by atoms with Crippen molar-refractivity contribution in [1.82, 2.24) is 10.1 Å². The van der Waals surface area contributed by atoms with E-state index >= 15 is 0 Å². The summed E-state index contributed by atoms with van der Waals surface area (Å²) in [6.45, 7) is 2.24. The first-order chi connectivity index (χ1) is 8.64. The van der Waals surface area contributed by atoms with Gasteiger partial charge in [-0.1, -0.05) is 5.16 Å². The number of halogens is 1. The molecule has 1 fully saturated rings. The summed E-state index contributed by atoms with van der Waals surface area (Å²) >= 11 is 0. The molecule has 0 saturated heterocycles. The smallest absolute Gasteiger partial charge is 0.234 e. The third-order valence-electron chi connectivity index (χ3n) is 3.54. The molecule has 0 bridgehead atoms. The van der Waals surface area contributed by atoms with Gasteiger partial charge in [0.25, 0.3) is 0 Å². The van der Waals surface area contributed by atoms with E-state index in [4.69, 9.17) is 10.3 Å². The maximum atomic E-state index is 13.2. The van der Waals surface area contributed by atoms with Gasteiger partial charge < -0.3 is 10.3 Å². The summed E-state index contributed by atoms with van der Waals surface area (Å²) in [7, 11) is 0. The normalized spacial score (nSPS) is 16.8. The topological polar surface area (TPSA) is 64.9 Å². The van der Waals surface area contributed by atoms with Crippen molar-refractivity contribution in [3.05, 3.63) is 35.5 Å². The number of benzene rings is 1. The molecule has 0 spiro atoms. The average molecular weight is 247 g/mol. The highest BCUT2D eigenvalue weighted by atomic mass is 19.1. The molecule has 0 unspecified atom stereocenters. The summed E-state index contributed by atoms with van der Waals surface area (Å²) in [5, 5.41) is 3.95. The monoisotopic (exact) mass is 247 g/mol. The van der Waals surface area contributed by atoms with Crippen LogP contribution in [0.4, 0.5) is 4.39 Å². The standard InChI is InChI=1S/C13H14FN3O/c1-8-6-9(2-3-10(8)14)11-16-12(18-17-11)13(7-15)4-5-13/h2-3,6H,4-5,7,15H2,1H3. The van der Waals surface area contributed by atoms with Crippen LogP contribution in [-0.2, 0) is 5.41 Å².